The fourth-order valence-corrected chi connectivity index (χ4v) is 2.97. The predicted molar refractivity (Wildman–Crippen MR) is 75.1 cm³/mol. The minimum absolute atomic E-state index is 0.209. The first kappa shape index (κ1) is 14.8. The summed E-state index contributed by atoms with van der Waals surface area (Å²) in [4.78, 5) is 16.5. The van der Waals surface area contributed by atoms with Crippen LogP contribution in [0.3, 0.4) is 0 Å². The zero-order valence-corrected chi connectivity index (χ0v) is 12.2. The number of hydrogen-bond acceptors (Lipinski definition) is 4. The van der Waals surface area contributed by atoms with Crippen LogP contribution in [0.15, 0.2) is 0 Å². The Morgan fingerprint density at radius 1 is 1.37 bits per heavy atom. The molecule has 0 aromatic carbocycles. The molecule has 0 aromatic heterocycles. The maximum Gasteiger partial charge on any atom is 0.224 e. The van der Waals surface area contributed by atoms with Crippen molar-refractivity contribution in [3.8, 4) is 0 Å². The lowest BCUT2D eigenvalue weighted by Crippen LogP contribution is -2.47. The summed E-state index contributed by atoms with van der Waals surface area (Å²) in [6.45, 7) is 5.28. The van der Waals surface area contributed by atoms with Gasteiger partial charge >= 0.3 is 0 Å². The van der Waals surface area contributed by atoms with Crippen LogP contribution in [0, 0.1) is 5.92 Å². The molecule has 2 fully saturated rings. The highest BCUT2D eigenvalue weighted by Crippen LogP contribution is 2.18. The topological polar surface area (TPSA) is 44.8 Å². The summed E-state index contributed by atoms with van der Waals surface area (Å²) in [7, 11) is 4.23. The second kappa shape index (κ2) is 7.22. The molecule has 0 radical (unpaired) electrons. The molecule has 0 saturated carbocycles. The standard InChI is InChI=1S/C14H27N3O2/c1-16(2)10-12-3-6-17(7-4-12)14(18)9-13-11-19-8-5-15-13/h12-13,15H,3-11H2,1-2H3. The van der Waals surface area contributed by atoms with Crippen LogP contribution in [-0.4, -0.2) is 75.2 Å². The summed E-state index contributed by atoms with van der Waals surface area (Å²) in [6.07, 6.45) is 2.86. The first-order chi connectivity index (χ1) is 9.15. The van der Waals surface area contributed by atoms with Gasteiger partial charge in [0.25, 0.3) is 0 Å². The number of carbonyl (C=O) groups excluding carboxylic acids is 1. The zero-order chi connectivity index (χ0) is 13.7. The zero-order valence-electron chi connectivity index (χ0n) is 12.2. The number of nitrogens with zero attached hydrogens (tertiary/aromatic N) is 2. The number of amides is 1. The second-order valence-electron chi connectivity index (χ2n) is 6.02. The Bertz CT molecular complexity index is 282. The van der Waals surface area contributed by atoms with Gasteiger partial charge in [-0.1, -0.05) is 0 Å². The molecule has 1 unspecified atom stereocenters. The van der Waals surface area contributed by atoms with Crippen LogP contribution >= 0.6 is 0 Å². The SMILES string of the molecule is CN(C)CC1CCN(C(=O)CC2COCCN2)CC1. The third-order valence-corrected chi connectivity index (χ3v) is 4.01. The third kappa shape index (κ3) is 4.75. The minimum atomic E-state index is 0.209. The highest BCUT2D eigenvalue weighted by molar-refractivity contribution is 5.77. The maximum absolute atomic E-state index is 12.2. The van der Waals surface area contributed by atoms with Crippen molar-refractivity contribution < 1.29 is 9.53 Å². The first-order valence-corrected chi connectivity index (χ1v) is 7.39. The Hall–Kier alpha value is -0.650. The van der Waals surface area contributed by atoms with Crippen LogP contribution in [0.25, 0.3) is 0 Å². The minimum Gasteiger partial charge on any atom is -0.378 e. The Labute approximate surface area is 116 Å². The number of carbonyl (C=O) groups is 1. The number of morpholine rings is 1. The van der Waals surface area contributed by atoms with Crippen molar-refractivity contribution in [3.05, 3.63) is 0 Å². The summed E-state index contributed by atoms with van der Waals surface area (Å²) in [5.41, 5.74) is 0. The van der Waals surface area contributed by atoms with E-state index in [1.807, 2.05) is 4.90 Å². The molecule has 2 saturated heterocycles. The Balaban J connectivity index is 1.69. The van der Waals surface area contributed by atoms with E-state index >= 15 is 0 Å². The molecule has 19 heavy (non-hydrogen) atoms. The molecular weight excluding hydrogens is 242 g/mol. The molecule has 2 heterocycles. The highest BCUT2D eigenvalue weighted by atomic mass is 16.5. The lowest BCUT2D eigenvalue weighted by atomic mass is 9.96. The van der Waals surface area contributed by atoms with Crippen LogP contribution in [-0.2, 0) is 9.53 Å². The lowest BCUT2D eigenvalue weighted by Gasteiger charge is -2.34. The van der Waals surface area contributed by atoms with E-state index in [9.17, 15) is 4.79 Å². The molecule has 0 bridgehead atoms. The molecule has 5 nitrogen and oxygen atoms in total. The van der Waals surface area contributed by atoms with Gasteiger partial charge in [0, 0.05) is 38.6 Å². The van der Waals surface area contributed by atoms with Gasteiger partial charge in [-0.25, -0.2) is 0 Å². The van der Waals surface area contributed by atoms with Gasteiger partial charge in [-0.3, -0.25) is 4.79 Å². The first-order valence-electron chi connectivity index (χ1n) is 7.39. The van der Waals surface area contributed by atoms with Crippen LogP contribution in [0.2, 0.25) is 0 Å². The van der Waals surface area contributed by atoms with Crippen LogP contribution in [0.5, 0.6) is 0 Å². The average molecular weight is 269 g/mol. The fourth-order valence-electron chi connectivity index (χ4n) is 2.97. The molecule has 2 rings (SSSR count). The van der Waals surface area contributed by atoms with Crippen molar-refractivity contribution in [2.75, 3.05) is 53.5 Å². The molecule has 0 aromatic rings. The smallest absolute Gasteiger partial charge is 0.224 e. The quantitative estimate of drug-likeness (QED) is 0.790. The van der Waals surface area contributed by atoms with E-state index in [0.717, 1.165) is 51.5 Å². The van der Waals surface area contributed by atoms with E-state index in [1.54, 1.807) is 0 Å². The van der Waals surface area contributed by atoms with E-state index < -0.39 is 0 Å². The summed E-state index contributed by atoms with van der Waals surface area (Å²) >= 11 is 0. The number of ether oxygens (including phenoxy) is 1. The monoisotopic (exact) mass is 269 g/mol. The number of nitrogens with one attached hydrogen (secondary N) is 1. The summed E-state index contributed by atoms with van der Waals surface area (Å²) in [5.74, 6) is 1.03. The number of hydrogen-bond donors (Lipinski definition) is 1. The van der Waals surface area contributed by atoms with E-state index in [2.05, 4.69) is 24.3 Å². The highest BCUT2D eigenvalue weighted by Gasteiger charge is 2.25. The molecule has 0 aliphatic carbocycles. The normalized spacial score (nSPS) is 25.8. The Kier molecular flexibility index (Phi) is 5.60. The Morgan fingerprint density at radius 2 is 2.11 bits per heavy atom. The largest absolute Gasteiger partial charge is 0.378 e. The molecule has 5 heteroatoms. The predicted octanol–water partition coefficient (Wildman–Crippen LogP) is 0.165. The maximum atomic E-state index is 12.2. The van der Waals surface area contributed by atoms with Gasteiger partial charge in [0.05, 0.1) is 13.2 Å². The van der Waals surface area contributed by atoms with Crippen molar-refractivity contribution >= 4 is 5.91 Å². The van der Waals surface area contributed by atoms with Crippen molar-refractivity contribution in [1.82, 2.24) is 15.1 Å². The van der Waals surface area contributed by atoms with E-state index in [4.69, 9.17) is 4.74 Å². The average Bonchev–Trinajstić information content (AvgIpc) is 2.40. The third-order valence-electron chi connectivity index (χ3n) is 4.01. The van der Waals surface area contributed by atoms with Crippen LogP contribution < -0.4 is 5.32 Å². The Morgan fingerprint density at radius 3 is 2.68 bits per heavy atom. The van der Waals surface area contributed by atoms with Crippen LogP contribution in [0.4, 0.5) is 0 Å². The molecule has 1 atom stereocenters. The number of rotatable bonds is 4. The molecule has 1 amide bonds. The van der Waals surface area contributed by atoms with Gasteiger partial charge in [-0.05, 0) is 32.9 Å². The number of piperidine rings is 1. The molecule has 0 spiro atoms. The summed E-state index contributed by atoms with van der Waals surface area (Å²) in [5, 5.41) is 3.34. The molecule has 2 aliphatic rings. The van der Waals surface area contributed by atoms with Crippen molar-refractivity contribution in [1.29, 1.82) is 0 Å². The fraction of sp³-hybridized carbons (Fsp3) is 0.929. The molecular formula is C14H27N3O2. The van der Waals surface area contributed by atoms with Crippen molar-refractivity contribution in [2.24, 2.45) is 5.92 Å². The molecule has 110 valence electrons. The summed E-state index contributed by atoms with van der Waals surface area (Å²) < 4.78 is 5.39. The van der Waals surface area contributed by atoms with Crippen molar-refractivity contribution in [3.63, 3.8) is 0 Å². The summed E-state index contributed by atoms with van der Waals surface area (Å²) in [6, 6.07) is 0.209. The van der Waals surface area contributed by atoms with Gasteiger partial charge in [-0.15, -0.1) is 0 Å². The van der Waals surface area contributed by atoms with Gasteiger partial charge in [0.1, 0.15) is 0 Å². The van der Waals surface area contributed by atoms with Crippen molar-refractivity contribution in [2.45, 2.75) is 25.3 Å². The van der Waals surface area contributed by atoms with E-state index in [0.29, 0.717) is 13.0 Å². The van der Waals surface area contributed by atoms with Gasteiger partial charge in [0.2, 0.25) is 5.91 Å². The van der Waals surface area contributed by atoms with Gasteiger partial charge in [0.15, 0.2) is 0 Å². The second-order valence-corrected chi connectivity index (χ2v) is 6.02. The lowest BCUT2D eigenvalue weighted by molar-refractivity contribution is -0.133. The molecule has 1 N–H and O–H groups in total. The van der Waals surface area contributed by atoms with E-state index in [1.165, 1.54) is 0 Å². The van der Waals surface area contributed by atoms with Gasteiger partial charge < -0.3 is 19.9 Å². The number of likely N-dealkylation sites (tertiary alicyclic amines) is 1. The molecule has 2 aliphatic heterocycles. The van der Waals surface area contributed by atoms with Gasteiger partial charge in [-0.2, -0.15) is 0 Å². The van der Waals surface area contributed by atoms with Crippen LogP contribution in [0.1, 0.15) is 19.3 Å². The van der Waals surface area contributed by atoms with E-state index in [-0.39, 0.29) is 11.9 Å².